The van der Waals surface area contributed by atoms with Crippen LogP contribution in [0.3, 0.4) is 0 Å². The first kappa shape index (κ1) is 24.2. The van der Waals surface area contributed by atoms with Crippen molar-refractivity contribution < 1.29 is 8.42 Å². The Balaban J connectivity index is 3.19. The number of nitrogens with zero attached hydrogens (tertiary/aromatic N) is 3. The van der Waals surface area contributed by atoms with Crippen molar-refractivity contribution in [2.45, 2.75) is 53.0 Å². The molecule has 1 rings (SSSR count). The van der Waals surface area contributed by atoms with E-state index in [4.69, 9.17) is 5.73 Å². The normalized spacial score (nSPS) is 12.1. The van der Waals surface area contributed by atoms with E-state index in [0.717, 1.165) is 19.3 Å². The van der Waals surface area contributed by atoms with Gasteiger partial charge >= 0.3 is 5.69 Å². The third-order valence-electron chi connectivity index (χ3n) is 4.63. The van der Waals surface area contributed by atoms with E-state index in [-0.39, 0.29) is 17.3 Å². The fourth-order valence-corrected chi connectivity index (χ4v) is 3.65. The molecule has 0 bridgehead atoms. The van der Waals surface area contributed by atoms with E-state index in [1.165, 1.54) is 23.0 Å². The van der Waals surface area contributed by atoms with Crippen LogP contribution in [0.1, 0.15) is 46.5 Å². The molecule has 0 radical (unpaired) electrons. The van der Waals surface area contributed by atoms with Gasteiger partial charge in [0.25, 0.3) is 5.56 Å². The summed E-state index contributed by atoms with van der Waals surface area (Å²) in [6, 6.07) is 0. The number of sulfonamides is 1. The summed E-state index contributed by atoms with van der Waals surface area (Å²) in [5, 5.41) is 0. The molecule has 162 valence electrons. The molecule has 3 N–H and O–H groups in total. The summed E-state index contributed by atoms with van der Waals surface area (Å²) in [6.07, 6.45) is 2.82. The van der Waals surface area contributed by atoms with E-state index in [9.17, 15) is 18.0 Å². The highest BCUT2D eigenvalue weighted by Crippen LogP contribution is 2.19. The van der Waals surface area contributed by atoms with Gasteiger partial charge in [-0.2, -0.15) is 0 Å². The van der Waals surface area contributed by atoms with Gasteiger partial charge in [0.1, 0.15) is 11.5 Å². The number of nitrogens with one attached hydrogen (secondary N) is 1. The predicted octanol–water partition coefficient (Wildman–Crippen LogP) is 1.05. The van der Waals surface area contributed by atoms with E-state index in [2.05, 4.69) is 18.8 Å². The van der Waals surface area contributed by atoms with E-state index in [1.54, 1.807) is 4.90 Å². The molecule has 0 aliphatic carbocycles. The van der Waals surface area contributed by atoms with Crippen LogP contribution < -0.4 is 21.9 Å². The van der Waals surface area contributed by atoms with Crippen molar-refractivity contribution in [3.63, 3.8) is 0 Å². The fourth-order valence-electron chi connectivity index (χ4n) is 2.79. The molecule has 28 heavy (non-hydrogen) atoms. The van der Waals surface area contributed by atoms with Crippen LogP contribution in [-0.2, 0) is 16.6 Å². The summed E-state index contributed by atoms with van der Waals surface area (Å²) in [6.45, 7) is 7.50. The third-order valence-corrected chi connectivity index (χ3v) is 6.55. The van der Waals surface area contributed by atoms with E-state index >= 15 is 0 Å². The van der Waals surface area contributed by atoms with Gasteiger partial charge in [0, 0.05) is 33.7 Å². The van der Waals surface area contributed by atoms with Gasteiger partial charge < -0.3 is 10.6 Å². The Bertz CT molecular complexity index is 843. The molecule has 0 amide bonds. The molecule has 0 saturated heterocycles. The largest absolute Gasteiger partial charge is 0.383 e. The van der Waals surface area contributed by atoms with Crippen molar-refractivity contribution in [3.8, 4) is 0 Å². The zero-order chi connectivity index (χ0) is 21.5. The molecule has 1 heterocycles. The molecule has 0 aromatic carbocycles. The molecule has 10 heteroatoms. The highest BCUT2D eigenvalue weighted by atomic mass is 32.2. The van der Waals surface area contributed by atoms with Gasteiger partial charge in [-0.3, -0.25) is 14.3 Å². The van der Waals surface area contributed by atoms with Gasteiger partial charge in [-0.15, -0.1) is 0 Å². The molecule has 0 spiro atoms. The summed E-state index contributed by atoms with van der Waals surface area (Å²) < 4.78 is 26.6. The lowest BCUT2D eigenvalue weighted by Crippen LogP contribution is -2.40. The molecule has 1 aromatic heterocycles. The Labute approximate surface area is 167 Å². The fraction of sp³-hybridized carbons (Fsp3) is 0.778. The maximum absolute atomic E-state index is 12.5. The summed E-state index contributed by atoms with van der Waals surface area (Å²) >= 11 is 0. The maximum Gasteiger partial charge on any atom is 0.330 e. The van der Waals surface area contributed by atoms with Crippen LogP contribution in [-0.4, -0.2) is 55.2 Å². The van der Waals surface area contributed by atoms with Crippen molar-refractivity contribution >= 4 is 21.5 Å². The Hall–Kier alpha value is -1.81. The van der Waals surface area contributed by atoms with Crippen LogP contribution in [0.25, 0.3) is 0 Å². The minimum Gasteiger partial charge on any atom is -0.383 e. The Morgan fingerprint density at radius 2 is 1.79 bits per heavy atom. The molecular weight excluding hydrogens is 382 g/mol. The lowest BCUT2D eigenvalue weighted by molar-refractivity contribution is 0.516. The second kappa shape index (κ2) is 10.7. The van der Waals surface area contributed by atoms with Gasteiger partial charge in [-0.1, -0.05) is 27.2 Å². The predicted molar refractivity (Wildman–Crippen MR) is 114 cm³/mol. The van der Waals surface area contributed by atoms with Crippen molar-refractivity contribution in [2.24, 2.45) is 5.92 Å². The van der Waals surface area contributed by atoms with Gasteiger partial charge in [0.15, 0.2) is 0 Å². The lowest BCUT2D eigenvalue weighted by Gasteiger charge is -2.27. The van der Waals surface area contributed by atoms with Crippen LogP contribution in [0, 0.1) is 5.92 Å². The van der Waals surface area contributed by atoms with Gasteiger partial charge in [-0.25, -0.2) is 17.5 Å². The second-order valence-corrected chi connectivity index (χ2v) is 9.92. The first-order valence-corrected chi connectivity index (χ1v) is 11.4. The number of rotatable bonds is 12. The molecule has 0 aliphatic heterocycles. The van der Waals surface area contributed by atoms with Crippen molar-refractivity contribution in [1.82, 2.24) is 13.9 Å². The number of nitrogen functional groups attached to an aromatic ring is 1. The minimum absolute atomic E-state index is 0.0224. The smallest absolute Gasteiger partial charge is 0.330 e. The van der Waals surface area contributed by atoms with Crippen LogP contribution in [0.2, 0.25) is 0 Å². The standard InChI is InChI=1S/C18H35N5O4S/c1-6-7-11-23-16(19)15(17(24)20-18(23)25)22(12-9-14(2)3)10-8-13-28(26,27)21(4)5/h14H,6-13,19H2,1-5H3,(H,20,24,25). The number of aromatic nitrogens is 2. The first-order chi connectivity index (χ1) is 13.0. The monoisotopic (exact) mass is 417 g/mol. The SMILES string of the molecule is CCCCn1c(N)c(N(CCCS(=O)(=O)N(C)C)CCC(C)C)c(=O)[nH]c1=O. The minimum atomic E-state index is -3.32. The zero-order valence-electron chi connectivity index (χ0n) is 17.7. The number of unbranched alkanes of at least 4 members (excludes halogenated alkanes) is 1. The zero-order valence-corrected chi connectivity index (χ0v) is 18.5. The van der Waals surface area contributed by atoms with Crippen molar-refractivity contribution in [1.29, 1.82) is 0 Å². The van der Waals surface area contributed by atoms with Crippen LogP contribution in [0.5, 0.6) is 0 Å². The van der Waals surface area contributed by atoms with Gasteiger partial charge in [-0.05, 0) is 25.2 Å². The van der Waals surface area contributed by atoms with Crippen molar-refractivity contribution in [2.75, 3.05) is 43.6 Å². The molecule has 0 fully saturated rings. The number of nitrogens with two attached hydrogens (primary N) is 1. The molecule has 9 nitrogen and oxygen atoms in total. The van der Waals surface area contributed by atoms with Crippen LogP contribution >= 0.6 is 0 Å². The Morgan fingerprint density at radius 1 is 1.14 bits per heavy atom. The number of hydrogen-bond acceptors (Lipinski definition) is 6. The van der Waals surface area contributed by atoms with Crippen LogP contribution in [0.15, 0.2) is 9.59 Å². The summed E-state index contributed by atoms with van der Waals surface area (Å²) in [7, 11) is -0.324. The highest BCUT2D eigenvalue weighted by Gasteiger charge is 2.20. The van der Waals surface area contributed by atoms with Gasteiger partial charge in [0.05, 0.1) is 5.75 Å². The summed E-state index contributed by atoms with van der Waals surface area (Å²) in [5.41, 5.74) is 5.41. The molecule has 0 atom stereocenters. The number of hydrogen-bond donors (Lipinski definition) is 2. The molecule has 0 unspecified atom stereocenters. The maximum atomic E-state index is 12.5. The molecule has 0 saturated carbocycles. The van der Waals surface area contributed by atoms with Crippen LogP contribution in [0.4, 0.5) is 11.5 Å². The molecule has 1 aromatic rings. The topological polar surface area (TPSA) is 121 Å². The number of anilines is 2. The third kappa shape index (κ3) is 6.66. The molecule has 0 aliphatic rings. The first-order valence-electron chi connectivity index (χ1n) is 9.79. The Morgan fingerprint density at radius 3 is 2.32 bits per heavy atom. The quantitative estimate of drug-likeness (QED) is 0.524. The van der Waals surface area contributed by atoms with Crippen molar-refractivity contribution in [3.05, 3.63) is 20.8 Å². The summed E-state index contributed by atoms with van der Waals surface area (Å²) in [5.74, 6) is 0.520. The van der Waals surface area contributed by atoms with E-state index in [1.807, 2.05) is 6.92 Å². The van der Waals surface area contributed by atoms with E-state index < -0.39 is 21.3 Å². The second-order valence-electron chi connectivity index (χ2n) is 7.62. The lowest BCUT2D eigenvalue weighted by atomic mass is 10.1. The highest BCUT2D eigenvalue weighted by molar-refractivity contribution is 7.89. The molecular formula is C18H35N5O4S. The van der Waals surface area contributed by atoms with E-state index in [0.29, 0.717) is 32.0 Å². The Kier molecular flexibility index (Phi) is 9.22. The average molecular weight is 418 g/mol. The number of aromatic amines is 1. The average Bonchev–Trinajstić information content (AvgIpc) is 2.58. The summed E-state index contributed by atoms with van der Waals surface area (Å²) in [4.78, 5) is 28.8. The van der Waals surface area contributed by atoms with Gasteiger partial charge in [0.2, 0.25) is 10.0 Å². The number of H-pyrrole nitrogens is 1.